The Morgan fingerprint density at radius 2 is 2.44 bits per heavy atom. The van der Waals surface area contributed by atoms with Crippen LogP contribution in [0.4, 0.5) is 0 Å². The van der Waals surface area contributed by atoms with Gasteiger partial charge in [0.25, 0.3) is 5.91 Å². The number of nitrogens with one attached hydrogen (secondary N) is 1. The predicted molar refractivity (Wildman–Crippen MR) is 57.7 cm³/mol. The van der Waals surface area contributed by atoms with Crippen molar-refractivity contribution in [2.45, 2.75) is 12.5 Å². The predicted octanol–water partition coefficient (Wildman–Crippen LogP) is 0.0421. The second kappa shape index (κ2) is 4.30. The molecule has 1 fully saturated rings. The smallest absolute Gasteiger partial charge is 0.253 e. The molecule has 1 aromatic heterocycles. The molecule has 5 heteroatoms. The largest absolute Gasteiger partial charge is 0.344 e. The van der Waals surface area contributed by atoms with Gasteiger partial charge >= 0.3 is 0 Å². The van der Waals surface area contributed by atoms with Crippen LogP contribution < -0.4 is 5.32 Å². The summed E-state index contributed by atoms with van der Waals surface area (Å²) in [7, 11) is 1.73. The molecule has 16 heavy (non-hydrogen) atoms. The van der Waals surface area contributed by atoms with Crippen LogP contribution in [-0.4, -0.2) is 41.3 Å². The molecule has 0 radical (unpaired) electrons. The second-order valence-electron chi connectivity index (χ2n) is 3.82. The SMILES string of the molecule is CN1CCC(NC(=O)c2cccnc2)C1=O. The highest BCUT2D eigenvalue weighted by Crippen LogP contribution is 2.09. The Balaban J connectivity index is 2.01. The summed E-state index contributed by atoms with van der Waals surface area (Å²) < 4.78 is 0. The third-order valence-electron chi connectivity index (χ3n) is 2.66. The number of likely N-dealkylation sites (tertiary alicyclic amines) is 1. The Bertz CT molecular complexity index is 405. The van der Waals surface area contributed by atoms with Crippen molar-refractivity contribution in [2.24, 2.45) is 0 Å². The van der Waals surface area contributed by atoms with Gasteiger partial charge in [-0.3, -0.25) is 14.6 Å². The molecule has 0 spiro atoms. The fourth-order valence-electron chi connectivity index (χ4n) is 1.70. The number of pyridine rings is 1. The van der Waals surface area contributed by atoms with Crippen LogP contribution in [0, 0.1) is 0 Å². The zero-order chi connectivity index (χ0) is 11.5. The lowest BCUT2D eigenvalue weighted by Crippen LogP contribution is -2.40. The molecule has 5 nitrogen and oxygen atoms in total. The van der Waals surface area contributed by atoms with Gasteiger partial charge in [0, 0.05) is 26.0 Å². The van der Waals surface area contributed by atoms with Gasteiger partial charge < -0.3 is 10.2 Å². The van der Waals surface area contributed by atoms with Gasteiger partial charge in [-0.2, -0.15) is 0 Å². The summed E-state index contributed by atoms with van der Waals surface area (Å²) in [6.07, 6.45) is 3.76. The molecule has 2 rings (SSSR count). The van der Waals surface area contributed by atoms with Crippen molar-refractivity contribution in [1.82, 2.24) is 15.2 Å². The van der Waals surface area contributed by atoms with Gasteiger partial charge in [-0.1, -0.05) is 0 Å². The van der Waals surface area contributed by atoms with Crippen LogP contribution in [0.1, 0.15) is 16.8 Å². The molecule has 1 N–H and O–H groups in total. The van der Waals surface area contributed by atoms with E-state index in [9.17, 15) is 9.59 Å². The van der Waals surface area contributed by atoms with Gasteiger partial charge in [-0.25, -0.2) is 0 Å². The van der Waals surface area contributed by atoms with Gasteiger partial charge in [0.05, 0.1) is 5.56 Å². The van der Waals surface area contributed by atoms with Crippen molar-refractivity contribution < 1.29 is 9.59 Å². The first-order valence-electron chi connectivity index (χ1n) is 5.14. The van der Waals surface area contributed by atoms with E-state index in [2.05, 4.69) is 10.3 Å². The van der Waals surface area contributed by atoms with Crippen molar-refractivity contribution in [3.63, 3.8) is 0 Å². The van der Waals surface area contributed by atoms with Crippen LogP contribution in [0.2, 0.25) is 0 Å². The highest BCUT2D eigenvalue weighted by molar-refractivity contribution is 5.97. The summed E-state index contributed by atoms with van der Waals surface area (Å²) in [4.78, 5) is 28.8. The lowest BCUT2D eigenvalue weighted by Gasteiger charge is -2.11. The minimum absolute atomic E-state index is 0.0303. The Morgan fingerprint density at radius 1 is 1.62 bits per heavy atom. The van der Waals surface area contributed by atoms with E-state index in [1.807, 2.05) is 0 Å². The standard InChI is InChI=1S/C11H13N3O2/c1-14-6-4-9(11(14)16)13-10(15)8-3-2-5-12-7-8/h2-3,5,7,9H,4,6H2,1H3,(H,13,15). The number of hydrogen-bond donors (Lipinski definition) is 1. The van der Waals surface area contributed by atoms with Gasteiger partial charge in [0.15, 0.2) is 0 Å². The van der Waals surface area contributed by atoms with Gasteiger partial charge in [-0.05, 0) is 18.6 Å². The lowest BCUT2D eigenvalue weighted by atomic mass is 10.2. The monoisotopic (exact) mass is 219 g/mol. The Labute approximate surface area is 93.5 Å². The molecular weight excluding hydrogens is 206 g/mol. The number of aromatic nitrogens is 1. The maximum absolute atomic E-state index is 11.7. The summed E-state index contributed by atoms with van der Waals surface area (Å²) >= 11 is 0. The molecule has 0 saturated carbocycles. The van der Waals surface area contributed by atoms with Gasteiger partial charge in [0.1, 0.15) is 6.04 Å². The first-order chi connectivity index (χ1) is 7.68. The average molecular weight is 219 g/mol. The van der Waals surface area contributed by atoms with E-state index < -0.39 is 6.04 Å². The quantitative estimate of drug-likeness (QED) is 0.764. The Kier molecular flexibility index (Phi) is 2.85. The van der Waals surface area contributed by atoms with Crippen molar-refractivity contribution in [2.75, 3.05) is 13.6 Å². The zero-order valence-corrected chi connectivity index (χ0v) is 9.01. The number of nitrogens with zero attached hydrogens (tertiary/aromatic N) is 2. The summed E-state index contributed by atoms with van der Waals surface area (Å²) in [5.41, 5.74) is 0.477. The number of carbonyl (C=O) groups is 2. The van der Waals surface area contributed by atoms with E-state index in [-0.39, 0.29) is 11.8 Å². The first-order valence-corrected chi connectivity index (χ1v) is 5.14. The third kappa shape index (κ3) is 2.03. The maximum Gasteiger partial charge on any atom is 0.253 e. The molecule has 1 unspecified atom stereocenters. The minimum atomic E-state index is -0.391. The molecule has 2 amide bonds. The van der Waals surface area contributed by atoms with E-state index >= 15 is 0 Å². The zero-order valence-electron chi connectivity index (χ0n) is 9.01. The molecule has 84 valence electrons. The highest BCUT2D eigenvalue weighted by Gasteiger charge is 2.30. The molecule has 1 aliphatic rings. The summed E-state index contributed by atoms with van der Waals surface area (Å²) in [6.45, 7) is 0.691. The van der Waals surface area contributed by atoms with Crippen molar-refractivity contribution in [1.29, 1.82) is 0 Å². The van der Waals surface area contributed by atoms with Crippen molar-refractivity contribution in [3.05, 3.63) is 30.1 Å². The molecular formula is C11H13N3O2. The lowest BCUT2D eigenvalue weighted by molar-refractivity contribution is -0.128. The number of hydrogen-bond acceptors (Lipinski definition) is 3. The molecule has 1 aromatic rings. The third-order valence-corrected chi connectivity index (χ3v) is 2.66. The molecule has 0 aromatic carbocycles. The number of likely N-dealkylation sites (N-methyl/N-ethyl adjacent to an activating group) is 1. The van der Waals surface area contributed by atoms with Crippen molar-refractivity contribution >= 4 is 11.8 Å². The topological polar surface area (TPSA) is 62.3 Å². The fourth-order valence-corrected chi connectivity index (χ4v) is 1.70. The highest BCUT2D eigenvalue weighted by atomic mass is 16.2. The molecule has 2 heterocycles. The maximum atomic E-state index is 11.7. The fraction of sp³-hybridized carbons (Fsp3) is 0.364. The van der Waals surface area contributed by atoms with Crippen LogP contribution in [-0.2, 0) is 4.79 Å². The minimum Gasteiger partial charge on any atom is -0.344 e. The van der Waals surface area contributed by atoms with E-state index in [0.717, 1.165) is 0 Å². The van der Waals surface area contributed by atoms with Crippen LogP contribution in [0.25, 0.3) is 0 Å². The van der Waals surface area contributed by atoms with Gasteiger partial charge in [0.2, 0.25) is 5.91 Å². The van der Waals surface area contributed by atoms with E-state index in [0.29, 0.717) is 18.5 Å². The van der Waals surface area contributed by atoms with Crippen LogP contribution in [0.3, 0.4) is 0 Å². The normalized spacial score (nSPS) is 19.9. The van der Waals surface area contributed by atoms with E-state index in [4.69, 9.17) is 0 Å². The number of amides is 2. The number of rotatable bonds is 2. The molecule has 1 aliphatic heterocycles. The summed E-state index contributed by atoms with van der Waals surface area (Å²) in [5, 5.41) is 2.71. The number of carbonyl (C=O) groups excluding carboxylic acids is 2. The Morgan fingerprint density at radius 3 is 3.00 bits per heavy atom. The Hall–Kier alpha value is -1.91. The average Bonchev–Trinajstić information content (AvgIpc) is 2.62. The second-order valence-corrected chi connectivity index (χ2v) is 3.82. The van der Waals surface area contributed by atoms with Crippen molar-refractivity contribution in [3.8, 4) is 0 Å². The van der Waals surface area contributed by atoms with Gasteiger partial charge in [-0.15, -0.1) is 0 Å². The first kappa shape index (κ1) is 10.6. The molecule has 1 atom stereocenters. The summed E-state index contributed by atoms with van der Waals surface area (Å²) in [6, 6.07) is 2.97. The van der Waals surface area contributed by atoms with Crippen LogP contribution in [0.5, 0.6) is 0 Å². The summed E-state index contributed by atoms with van der Waals surface area (Å²) in [5.74, 6) is -0.279. The molecule has 0 bridgehead atoms. The van der Waals surface area contributed by atoms with Crippen LogP contribution in [0.15, 0.2) is 24.5 Å². The van der Waals surface area contributed by atoms with E-state index in [1.54, 1.807) is 30.3 Å². The van der Waals surface area contributed by atoms with E-state index in [1.165, 1.54) is 6.20 Å². The molecule has 0 aliphatic carbocycles. The molecule has 1 saturated heterocycles. The van der Waals surface area contributed by atoms with Crippen LogP contribution >= 0.6 is 0 Å².